The summed E-state index contributed by atoms with van der Waals surface area (Å²) in [4.78, 5) is 29.5. The maximum atomic E-state index is 14.5. The summed E-state index contributed by atoms with van der Waals surface area (Å²) in [5.74, 6) is 0.623. The van der Waals surface area contributed by atoms with Crippen molar-refractivity contribution in [2.75, 3.05) is 33.7 Å². The fourth-order valence-corrected chi connectivity index (χ4v) is 5.51. The molecule has 1 aliphatic rings. The van der Waals surface area contributed by atoms with E-state index in [2.05, 4.69) is 21.2 Å². The van der Waals surface area contributed by atoms with Crippen molar-refractivity contribution in [3.63, 3.8) is 0 Å². The van der Waals surface area contributed by atoms with Crippen LogP contribution in [0.1, 0.15) is 33.1 Å². The first-order chi connectivity index (χ1) is 22.4. The van der Waals surface area contributed by atoms with E-state index in [-0.39, 0.29) is 25.2 Å². The number of nitrogens with two attached hydrogens (primary N) is 1. The van der Waals surface area contributed by atoms with Gasteiger partial charge in [-0.05, 0) is 47.5 Å². The first-order valence-electron chi connectivity index (χ1n) is 15.1. The SMILES string of the molecule is COCCOCOc1ccc2c(c1)O[C@H](CN(Cc1ccc(Br)cc1)C(=O)[C@H](Cc1ccccc1)NC(=O)c1ccccc1)[C@H]2N. The Morgan fingerprint density at radius 2 is 1.65 bits per heavy atom. The number of hydrogen-bond donors (Lipinski definition) is 2. The Morgan fingerprint density at radius 1 is 0.935 bits per heavy atom. The van der Waals surface area contributed by atoms with Gasteiger partial charge in [0.1, 0.15) is 23.6 Å². The molecule has 46 heavy (non-hydrogen) atoms. The predicted molar refractivity (Wildman–Crippen MR) is 179 cm³/mol. The fraction of sp³-hybridized carbons (Fsp3) is 0.278. The third-order valence-corrected chi connectivity index (χ3v) is 8.21. The van der Waals surface area contributed by atoms with Gasteiger partial charge in [-0.15, -0.1) is 0 Å². The van der Waals surface area contributed by atoms with Crippen molar-refractivity contribution in [1.82, 2.24) is 10.2 Å². The minimum atomic E-state index is -0.830. The highest BCUT2D eigenvalue weighted by atomic mass is 79.9. The Labute approximate surface area is 277 Å². The number of carbonyl (C=O) groups is 2. The van der Waals surface area contributed by atoms with Crippen molar-refractivity contribution >= 4 is 27.7 Å². The number of rotatable bonds is 15. The molecule has 0 aliphatic carbocycles. The van der Waals surface area contributed by atoms with Crippen LogP contribution in [0.4, 0.5) is 0 Å². The summed E-state index contributed by atoms with van der Waals surface area (Å²) in [6, 6.07) is 30.5. The Kier molecular flexibility index (Phi) is 11.8. The molecule has 5 rings (SSSR count). The lowest BCUT2D eigenvalue weighted by Gasteiger charge is -2.31. The topological polar surface area (TPSA) is 112 Å². The molecule has 0 saturated carbocycles. The molecule has 9 nitrogen and oxygen atoms in total. The van der Waals surface area contributed by atoms with Crippen molar-refractivity contribution in [1.29, 1.82) is 0 Å². The smallest absolute Gasteiger partial charge is 0.251 e. The Bertz CT molecular complexity index is 1570. The van der Waals surface area contributed by atoms with Crippen molar-refractivity contribution in [3.05, 3.63) is 130 Å². The quantitative estimate of drug-likeness (QED) is 0.129. The molecular formula is C36H38BrN3O6. The summed E-state index contributed by atoms with van der Waals surface area (Å²) in [6.45, 7) is 1.47. The van der Waals surface area contributed by atoms with Gasteiger partial charge in [0.05, 0.1) is 25.8 Å². The normalized spacial score (nSPS) is 15.8. The summed E-state index contributed by atoms with van der Waals surface area (Å²) >= 11 is 3.49. The molecule has 1 heterocycles. The largest absolute Gasteiger partial charge is 0.486 e. The molecule has 4 aromatic rings. The molecule has 3 atom stereocenters. The van der Waals surface area contributed by atoms with Gasteiger partial charge in [-0.25, -0.2) is 0 Å². The summed E-state index contributed by atoms with van der Waals surface area (Å²) in [6.07, 6.45) is -0.204. The number of amides is 2. The predicted octanol–water partition coefficient (Wildman–Crippen LogP) is 5.28. The minimum Gasteiger partial charge on any atom is -0.486 e. The summed E-state index contributed by atoms with van der Waals surface area (Å²) < 4.78 is 23.4. The van der Waals surface area contributed by atoms with E-state index >= 15 is 0 Å². The monoisotopic (exact) mass is 687 g/mol. The van der Waals surface area contributed by atoms with Crippen molar-refractivity contribution < 1.29 is 28.5 Å². The van der Waals surface area contributed by atoms with Crippen LogP contribution in [-0.4, -0.2) is 62.5 Å². The molecule has 10 heteroatoms. The maximum Gasteiger partial charge on any atom is 0.251 e. The number of fused-ring (bicyclic) bond motifs is 1. The number of ether oxygens (including phenoxy) is 4. The van der Waals surface area contributed by atoms with E-state index in [4.69, 9.17) is 24.7 Å². The van der Waals surface area contributed by atoms with Crippen LogP contribution in [0.25, 0.3) is 0 Å². The molecule has 0 saturated heterocycles. The molecule has 4 aromatic carbocycles. The third-order valence-electron chi connectivity index (χ3n) is 7.68. The number of halogens is 1. The zero-order valence-electron chi connectivity index (χ0n) is 25.6. The molecule has 0 aromatic heterocycles. The summed E-state index contributed by atoms with van der Waals surface area (Å²) in [5, 5.41) is 3.00. The highest BCUT2D eigenvalue weighted by Gasteiger charge is 2.36. The molecular weight excluding hydrogens is 650 g/mol. The number of carbonyl (C=O) groups excluding carboxylic acids is 2. The molecule has 1 aliphatic heterocycles. The van der Waals surface area contributed by atoms with Crippen LogP contribution in [0.2, 0.25) is 0 Å². The van der Waals surface area contributed by atoms with Crippen LogP contribution in [0.15, 0.2) is 108 Å². The van der Waals surface area contributed by atoms with Crippen LogP contribution in [-0.2, 0) is 27.2 Å². The van der Waals surface area contributed by atoms with Gasteiger partial charge in [-0.1, -0.05) is 76.6 Å². The third kappa shape index (κ3) is 8.95. The van der Waals surface area contributed by atoms with Gasteiger partial charge >= 0.3 is 0 Å². The molecule has 2 amide bonds. The number of nitrogens with one attached hydrogen (secondary N) is 1. The van der Waals surface area contributed by atoms with E-state index in [0.29, 0.717) is 43.2 Å². The number of nitrogens with zero attached hydrogens (tertiary/aromatic N) is 1. The minimum absolute atomic E-state index is 0.0740. The van der Waals surface area contributed by atoms with Gasteiger partial charge in [-0.3, -0.25) is 9.59 Å². The lowest BCUT2D eigenvalue weighted by Crippen LogP contribution is -2.52. The molecule has 0 bridgehead atoms. The Balaban J connectivity index is 1.37. The number of benzene rings is 4. The number of methoxy groups -OCH3 is 1. The molecule has 0 spiro atoms. The van der Waals surface area contributed by atoms with Gasteiger partial charge in [0.25, 0.3) is 5.91 Å². The number of hydrogen-bond acceptors (Lipinski definition) is 7. The maximum absolute atomic E-state index is 14.5. The van der Waals surface area contributed by atoms with E-state index in [1.54, 1.807) is 42.3 Å². The van der Waals surface area contributed by atoms with E-state index in [9.17, 15) is 9.59 Å². The second-order valence-corrected chi connectivity index (χ2v) is 11.9. The lowest BCUT2D eigenvalue weighted by atomic mass is 10.0. The fourth-order valence-electron chi connectivity index (χ4n) is 5.24. The first kappa shape index (κ1) is 33.2. The van der Waals surface area contributed by atoms with Gasteiger partial charge < -0.3 is 34.9 Å². The average Bonchev–Trinajstić information content (AvgIpc) is 3.39. The summed E-state index contributed by atoms with van der Waals surface area (Å²) in [7, 11) is 1.61. The van der Waals surface area contributed by atoms with Crippen molar-refractivity contribution in [2.24, 2.45) is 5.73 Å². The molecule has 0 radical (unpaired) electrons. The highest BCUT2D eigenvalue weighted by molar-refractivity contribution is 9.10. The van der Waals surface area contributed by atoms with E-state index in [0.717, 1.165) is 21.2 Å². The van der Waals surface area contributed by atoms with Crippen LogP contribution in [0.5, 0.6) is 11.5 Å². The van der Waals surface area contributed by atoms with Crippen LogP contribution >= 0.6 is 15.9 Å². The Hall–Kier alpha value is -4.22. The second kappa shape index (κ2) is 16.4. The van der Waals surface area contributed by atoms with E-state index < -0.39 is 18.2 Å². The van der Waals surface area contributed by atoms with Gasteiger partial charge in [0.15, 0.2) is 6.79 Å². The zero-order valence-corrected chi connectivity index (χ0v) is 27.2. The highest BCUT2D eigenvalue weighted by Crippen LogP contribution is 2.38. The second-order valence-electron chi connectivity index (χ2n) is 11.0. The molecule has 0 fully saturated rings. The zero-order chi connectivity index (χ0) is 32.3. The van der Waals surface area contributed by atoms with Gasteiger partial charge in [0.2, 0.25) is 5.91 Å². The van der Waals surface area contributed by atoms with Crippen LogP contribution in [0, 0.1) is 0 Å². The molecule has 3 N–H and O–H groups in total. The first-order valence-corrected chi connectivity index (χ1v) is 15.9. The van der Waals surface area contributed by atoms with Crippen molar-refractivity contribution in [2.45, 2.75) is 31.2 Å². The lowest BCUT2D eigenvalue weighted by molar-refractivity contribution is -0.135. The van der Waals surface area contributed by atoms with Crippen LogP contribution in [0.3, 0.4) is 0 Å². The Morgan fingerprint density at radius 3 is 2.37 bits per heavy atom. The standard InChI is InChI=1S/C36H38BrN3O6/c1-43-18-19-44-24-45-29-16-17-30-32(21-29)46-33(34(30)38)23-40(22-26-12-14-28(37)15-13-26)36(42)31(20-25-8-4-2-5-9-25)39-35(41)27-10-6-3-7-11-27/h2-17,21,31,33-34H,18-20,22-24,38H2,1H3,(H,39,41)/t31-,33+,34-/m0/s1. The van der Waals surface area contributed by atoms with Crippen LogP contribution < -0.4 is 20.5 Å². The molecule has 240 valence electrons. The average molecular weight is 689 g/mol. The van der Waals surface area contributed by atoms with Gasteiger partial charge in [-0.2, -0.15) is 0 Å². The van der Waals surface area contributed by atoms with Gasteiger partial charge in [0, 0.05) is 41.7 Å². The molecule has 0 unspecified atom stereocenters. The summed E-state index contributed by atoms with van der Waals surface area (Å²) in [5.41, 5.74) is 9.86. The van der Waals surface area contributed by atoms with E-state index in [1.165, 1.54) is 0 Å². The van der Waals surface area contributed by atoms with Crippen molar-refractivity contribution in [3.8, 4) is 11.5 Å². The van der Waals surface area contributed by atoms with E-state index in [1.807, 2.05) is 72.8 Å².